The lowest BCUT2D eigenvalue weighted by molar-refractivity contribution is 0.919. The molecule has 1 aliphatic rings. The number of para-hydroxylation sites is 1. The zero-order chi connectivity index (χ0) is 10.8. The second-order valence-corrected chi connectivity index (χ2v) is 5.59. The zero-order valence-electron chi connectivity index (χ0n) is 7.89. The molecule has 0 amide bonds. The van der Waals surface area contributed by atoms with Crippen LogP contribution in [0.25, 0.3) is 0 Å². The topological polar surface area (TPSA) is 24.1 Å². The molecule has 0 aromatic heterocycles. The van der Waals surface area contributed by atoms with E-state index in [0.29, 0.717) is 11.2 Å². The van der Waals surface area contributed by atoms with Crippen molar-refractivity contribution in [3.63, 3.8) is 0 Å². The van der Waals surface area contributed by atoms with E-state index in [0.717, 1.165) is 14.6 Å². The summed E-state index contributed by atoms with van der Waals surface area (Å²) in [6.07, 6.45) is 2.44. The molecule has 0 radical (unpaired) electrons. The van der Waals surface area contributed by atoms with Crippen LogP contribution in [-0.4, -0.2) is 11.2 Å². The highest BCUT2D eigenvalue weighted by atomic mass is 79.9. The van der Waals surface area contributed by atoms with Crippen LogP contribution in [-0.2, 0) is 0 Å². The Bertz CT molecular complexity index is 371. The van der Waals surface area contributed by atoms with E-state index in [-0.39, 0.29) is 0 Å². The maximum atomic E-state index is 5.21. The molecular weight excluding hydrogens is 340 g/mol. The smallest absolute Gasteiger partial charge is 0.171 e. The minimum atomic E-state index is 0.575. The molecular formula is C10H10Br2N2S. The third-order valence-electron chi connectivity index (χ3n) is 2.11. The molecule has 1 saturated carbocycles. The van der Waals surface area contributed by atoms with Gasteiger partial charge in [0.25, 0.3) is 0 Å². The molecule has 2 N–H and O–H groups in total. The second kappa shape index (κ2) is 4.80. The fourth-order valence-corrected chi connectivity index (χ4v) is 2.65. The van der Waals surface area contributed by atoms with Gasteiger partial charge in [-0.3, -0.25) is 0 Å². The van der Waals surface area contributed by atoms with Gasteiger partial charge in [0.05, 0.1) is 5.69 Å². The Morgan fingerprint density at radius 1 is 1.27 bits per heavy atom. The number of rotatable bonds is 2. The van der Waals surface area contributed by atoms with Crippen molar-refractivity contribution < 1.29 is 0 Å². The summed E-state index contributed by atoms with van der Waals surface area (Å²) >= 11 is 12.2. The molecule has 0 bridgehead atoms. The second-order valence-electron chi connectivity index (χ2n) is 3.47. The first-order valence-electron chi connectivity index (χ1n) is 4.68. The van der Waals surface area contributed by atoms with Gasteiger partial charge in [0.1, 0.15) is 0 Å². The lowest BCUT2D eigenvalue weighted by Crippen LogP contribution is -2.30. The van der Waals surface area contributed by atoms with E-state index in [9.17, 15) is 0 Å². The van der Waals surface area contributed by atoms with Gasteiger partial charge in [0.2, 0.25) is 0 Å². The molecule has 1 aromatic rings. The van der Waals surface area contributed by atoms with Crippen LogP contribution in [0.2, 0.25) is 0 Å². The Balaban J connectivity index is 2.05. The van der Waals surface area contributed by atoms with E-state index in [1.807, 2.05) is 18.2 Å². The Kier molecular flexibility index (Phi) is 3.64. The maximum Gasteiger partial charge on any atom is 0.171 e. The summed E-state index contributed by atoms with van der Waals surface area (Å²) in [7, 11) is 0. The van der Waals surface area contributed by atoms with Crippen molar-refractivity contribution in [1.29, 1.82) is 0 Å². The first-order chi connectivity index (χ1) is 7.16. The highest BCUT2D eigenvalue weighted by Crippen LogP contribution is 2.30. The summed E-state index contributed by atoms with van der Waals surface area (Å²) in [5.74, 6) is 0. The first-order valence-corrected chi connectivity index (χ1v) is 6.68. The summed E-state index contributed by atoms with van der Waals surface area (Å²) in [4.78, 5) is 0. The van der Waals surface area contributed by atoms with Crippen molar-refractivity contribution in [2.75, 3.05) is 5.32 Å². The Morgan fingerprint density at radius 2 is 1.87 bits per heavy atom. The molecule has 2 rings (SSSR count). The van der Waals surface area contributed by atoms with Gasteiger partial charge < -0.3 is 10.6 Å². The van der Waals surface area contributed by atoms with Gasteiger partial charge in [-0.15, -0.1) is 0 Å². The van der Waals surface area contributed by atoms with Gasteiger partial charge in [-0.05, 0) is 69.1 Å². The average Bonchev–Trinajstić information content (AvgIpc) is 2.95. The molecule has 2 nitrogen and oxygen atoms in total. The number of nitrogens with one attached hydrogen (secondary N) is 2. The van der Waals surface area contributed by atoms with Crippen LogP contribution < -0.4 is 10.6 Å². The lowest BCUT2D eigenvalue weighted by atomic mass is 10.3. The molecule has 15 heavy (non-hydrogen) atoms. The third-order valence-corrected chi connectivity index (χ3v) is 3.66. The van der Waals surface area contributed by atoms with Crippen molar-refractivity contribution in [3.05, 3.63) is 27.1 Å². The third kappa shape index (κ3) is 3.16. The molecule has 0 unspecified atom stereocenters. The van der Waals surface area contributed by atoms with Crippen LogP contribution in [0.15, 0.2) is 27.1 Å². The monoisotopic (exact) mass is 348 g/mol. The van der Waals surface area contributed by atoms with E-state index < -0.39 is 0 Å². The van der Waals surface area contributed by atoms with Gasteiger partial charge >= 0.3 is 0 Å². The highest BCUT2D eigenvalue weighted by molar-refractivity contribution is 9.11. The minimum Gasteiger partial charge on any atom is -0.360 e. The van der Waals surface area contributed by atoms with Crippen LogP contribution in [0.3, 0.4) is 0 Å². The van der Waals surface area contributed by atoms with Crippen LogP contribution in [0.4, 0.5) is 5.69 Å². The van der Waals surface area contributed by atoms with Crippen LogP contribution >= 0.6 is 44.1 Å². The normalized spacial score (nSPS) is 14.8. The molecule has 5 heteroatoms. The lowest BCUT2D eigenvalue weighted by Gasteiger charge is -2.12. The SMILES string of the molecule is S=C(Nc1c(Br)cccc1Br)NC1CC1. The van der Waals surface area contributed by atoms with Crippen molar-refractivity contribution in [1.82, 2.24) is 5.32 Å². The van der Waals surface area contributed by atoms with Gasteiger partial charge in [-0.1, -0.05) is 6.07 Å². The number of hydrogen-bond donors (Lipinski definition) is 2. The van der Waals surface area contributed by atoms with Gasteiger partial charge in [0.15, 0.2) is 5.11 Å². The summed E-state index contributed by atoms with van der Waals surface area (Å²) in [6, 6.07) is 6.50. The highest BCUT2D eigenvalue weighted by Gasteiger charge is 2.22. The minimum absolute atomic E-state index is 0.575. The summed E-state index contributed by atoms with van der Waals surface area (Å²) in [5, 5.41) is 7.10. The number of anilines is 1. The van der Waals surface area contributed by atoms with E-state index in [1.54, 1.807) is 0 Å². The summed E-state index contributed by atoms with van der Waals surface area (Å²) in [6.45, 7) is 0. The van der Waals surface area contributed by atoms with E-state index in [4.69, 9.17) is 12.2 Å². The van der Waals surface area contributed by atoms with E-state index in [2.05, 4.69) is 42.5 Å². The summed E-state index contributed by atoms with van der Waals surface area (Å²) in [5.41, 5.74) is 0.968. The van der Waals surface area contributed by atoms with Crippen LogP contribution in [0, 0.1) is 0 Å². The predicted octanol–water partition coefficient (Wildman–Crippen LogP) is 3.66. The molecule has 0 heterocycles. The van der Waals surface area contributed by atoms with Gasteiger partial charge in [-0.2, -0.15) is 0 Å². The summed E-state index contributed by atoms with van der Waals surface area (Å²) < 4.78 is 1.99. The Morgan fingerprint density at radius 3 is 2.40 bits per heavy atom. The van der Waals surface area contributed by atoms with Gasteiger partial charge in [0, 0.05) is 15.0 Å². The quantitative estimate of drug-likeness (QED) is 0.797. The Labute approximate surface area is 111 Å². The van der Waals surface area contributed by atoms with Crippen LogP contribution in [0.5, 0.6) is 0 Å². The number of benzene rings is 1. The fourth-order valence-electron chi connectivity index (χ4n) is 1.18. The largest absolute Gasteiger partial charge is 0.360 e. The Hall–Kier alpha value is -0.130. The predicted molar refractivity (Wildman–Crippen MR) is 74.2 cm³/mol. The van der Waals surface area contributed by atoms with Crippen molar-refractivity contribution in [2.24, 2.45) is 0 Å². The molecule has 0 saturated heterocycles. The fraction of sp³-hybridized carbons (Fsp3) is 0.300. The van der Waals surface area contributed by atoms with Crippen molar-refractivity contribution >= 4 is 54.9 Å². The maximum absolute atomic E-state index is 5.21. The molecule has 1 aromatic carbocycles. The number of halogens is 2. The average molecular weight is 350 g/mol. The van der Waals surface area contributed by atoms with Crippen LogP contribution in [0.1, 0.15) is 12.8 Å². The molecule has 80 valence electrons. The molecule has 1 fully saturated rings. The molecule has 0 spiro atoms. The number of hydrogen-bond acceptors (Lipinski definition) is 1. The van der Waals surface area contributed by atoms with Crippen molar-refractivity contribution in [3.8, 4) is 0 Å². The standard InChI is InChI=1S/C10H10Br2N2S/c11-7-2-1-3-8(12)9(7)14-10(15)13-6-4-5-6/h1-3,6H,4-5H2,(H2,13,14,15). The molecule has 0 aliphatic heterocycles. The van der Waals surface area contributed by atoms with Crippen molar-refractivity contribution in [2.45, 2.75) is 18.9 Å². The number of thiocarbonyl (C=S) groups is 1. The first kappa shape index (κ1) is 11.4. The molecule has 1 aliphatic carbocycles. The molecule has 0 atom stereocenters. The zero-order valence-corrected chi connectivity index (χ0v) is 11.9. The van der Waals surface area contributed by atoms with E-state index >= 15 is 0 Å². The van der Waals surface area contributed by atoms with E-state index in [1.165, 1.54) is 12.8 Å². The van der Waals surface area contributed by atoms with Gasteiger partial charge in [-0.25, -0.2) is 0 Å².